The minimum atomic E-state index is -0.640. The average Bonchev–Trinajstić information content (AvgIpc) is 2.23. The highest BCUT2D eigenvalue weighted by molar-refractivity contribution is 5.23. The van der Waals surface area contributed by atoms with Crippen LogP contribution >= 0.6 is 0 Å². The lowest BCUT2D eigenvalue weighted by molar-refractivity contribution is -0.0467. The standard InChI is InChI=1S/C15H24O/c1-10(2)15(16)8-7-12(4)13-6-5-11(3)9-14(13)15/h9,12-14,16H,1,5-8H2,2-4H3/t12-,13+,14+,15-/m0/s1. The molecule has 16 heavy (non-hydrogen) atoms. The van der Waals surface area contributed by atoms with E-state index in [4.69, 9.17) is 0 Å². The summed E-state index contributed by atoms with van der Waals surface area (Å²) in [5, 5.41) is 10.8. The lowest BCUT2D eigenvalue weighted by atomic mass is 9.59. The van der Waals surface area contributed by atoms with Gasteiger partial charge >= 0.3 is 0 Å². The van der Waals surface area contributed by atoms with Crippen molar-refractivity contribution in [1.29, 1.82) is 0 Å². The normalized spacial score (nSPS) is 43.5. The molecule has 0 aliphatic heterocycles. The van der Waals surface area contributed by atoms with Gasteiger partial charge in [-0.05, 0) is 56.9 Å². The molecular formula is C15H24O. The fourth-order valence-corrected chi connectivity index (χ4v) is 3.54. The molecule has 1 nitrogen and oxygen atoms in total. The molecule has 0 bridgehead atoms. The Labute approximate surface area is 99.3 Å². The zero-order valence-corrected chi connectivity index (χ0v) is 10.8. The molecule has 0 heterocycles. The molecule has 0 radical (unpaired) electrons. The van der Waals surface area contributed by atoms with Gasteiger partial charge in [-0.1, -0.05) is 25.2 Å². The quantitative estimate of drug-likeness (QED) is 0.668. The summed E-state index contributed by atoms with van der Waals surface area (Å²) < 4.78 is 0. The van der Waals surface area contributed by atoms with Crippen LogP contribution < -0.4 is 0 Å². The monoisotopic (exact) mass is 220 g/mol. The van der Waals surface area contributed by atoms with Gasteiger partial charge in [-0.25, -0.2) is 0 Å². The van der Waals surface area contributed by atoms with Crippen LogP contribution in [-0.2, 0) is 0 Å². The van der Waals surface area contributed by atoms with Crippen LogP contribution in [0.3, 0.4) is 0 Å². The smallest absolute Gasteiger partial charge is 0.0916 e. The van der Waals surface area contributed by atoms with Crippen LogP contribution in [0.1, 0.15) is 46.5 Å². The van der Waals surface area contributed by atoms with Crippen LogP contribution in [0.5, 0.6) is 0 Å². The van der Waals surface area contributed by atoms with Crippen molar-refractivity contribution in [3.8, 4) is 0 Å². The van der Waals surface area contributed by atoms with Gasteiger partial charge in [0, 0.05) is 5.92 Å². The highest BCUT2D eigenvalue weighted by Crippen LogP contribution is 2.49. The van der Waals surface area contributed by atoms with Gasteiger partial charge in [0.05, 0.1) is 5.60 Å². The molecule has 1 saturated carbocycles. The topological polar surface area (TPSA) is 20.2 Å². The van der Waals surface area contributed by atoms with Crippen LogP contribution in [0.25, 0.3) is 0 Å². The van der Waals surface area contributed by atoms with Crippen molar-refractivity contribution in [2.45, 2.75) is 52.1 Å². The van der Waals surface area contributed by atoms with E-state index < -0.39 is 5.60 Å². The molecule has 0 spiro atoms. The van der Waals surface area contributed by atoms with Gasteiger partial charge in [0.1, 0.15) is 0 Å². The molecule has 0 unspecified atom stereocenters. The van der Waals surface area contributed by atoms with Crippen LogP contribution in [-0.4, -0.2) is 10.7 Å². The lowest BCUT2D eigenvalue weighted by Crippen LogP contribution is -2.48. The highest BCUT2D eigenvalue weighted by Gasteiger charge is 2.47. The minimum absolute atomic E-state index is 0.308. The largest absolute Gasteiger partial charge is 0.385 e. The third-order valence-electron chi connectivity index (χ3n) is 4.80. The first-order chi connectivity index (χ1) is 7.45. The predicted octanol–water partition coefficient (Wildman–Crippen LogP) is 3.70. The molecule has 90 valence electrons. The fourth-order valence-electron chi connectivity index (χ4n) is 3.54. The summed E-state index contributed by atoms with van der Waals surface area (Å²) in [5.41, 5.74) is 1.74. The van der Waals surface area contributed by atoms with Crippen molar-refractivity contribution < 1.29 is 5.11 Å². The van der Waals surface area contributed by atoms with Crippen molar-refractivity contribution in [3.63, 3.8) is 0 Å². The van der Waals surface area contributed by atoms with E-state index in [1.165, 1.54) is 18.4 Å². The van der Waals surface area contributed by atoms with Crippen LogP contribution in [0.4, 0.5) is 0 Å². The van der Waals surface area contributed by atoms with Crippen LogP contribution in [0, 0.1) is 17.8 Å². The first-order valence-corrected chi connectivity index (χ1v) is 6.51. The maximum atomic E-state index is 10.8. The van der Waals surface area contributed by atoms with E-state index in [1.54, 1.807) is 0 Å². The molecule has 0 saturated heterocycles. The summed E-state index contributed by atoms with van der Waals surface area (Å²) in [7, 11) is 0. The molecule has 4 atom stereocenters. The Bertz CT molecular complexity index is 328. The van der Waals surface area contributed by atoms with Crippen molar-refractivity contribution in [1.82, 2.24) is 0 Å². The van der Waals surface area contributed by atoms with Crippen molar-refractivity contribution in [3.05, 3.63) is 23.8 Å². The molecule has 0 aromatic rings. The number of hydrogen-bond acceptors (Lipinski definition) is 1. The molecule has 1 heteroatoms. The highest BCUT2D eigenvalue weighted by atomic mass is 16.3. The number of rotatable bonds is 1. The maximum absolute atomic E-state index is 10.8. The Kier molecular flexibility index (Phi) is 3.00. The van der Waals surface area contributed by atoms with E-state index in [1.807, 2.05) is 6.92 Å². The van der Waals surface area contributed by atoms with E-state index in [2.05, 4.69) is 26.5 Å². The predicted molar refractivity (Wildman–Crippen MR) is 68.1 cm³/mol. The van der Waals surface area contributed by atoms with E-state index >= 15 is 0 Å². The van der Waals surface area contributed by atoms with E-state index in [0.29, 0.717) is 11.8 Å². The van der Waals surface area contributed by atoms with E-state index in [9.17, 15) is 5.11 Å². The second-order valence-corrected chi connectivity index (χ2v) is 5.96. The molecule has 2 aliphatic carbocycles. The van der Waals surface area contributed by atoms with Gasteiger partial charge in [0.25, 0.3) is 0 Å². The van der Waals surface area contributed by atoms with Crippen LogP contribution in [0.15, 0.2) is 23.8 Å². The van der Waals surface area contributed by atoms with Gasteiger partial charge in [-0.3, -0.25) is 0 Å². The number of aliphatic hydroxyl groups is 1. The zero-order chi connectivity index (χ0) is 11.9. The lowest BCUT2D eigenvalue weighted by Gasteiger charge is -2.49. The molecule has 2 rings (SSSR count). The molecule has 0 aromatic heterocycles. The summed E-state index contributed by atoms with van der Waals surface area (Å²) in [4.78, 5) is 0. The van der Waals surface area contributed by atoms with Gasteiger partial charge in [-0.2, -0.15) is 0 Å². The van der Waals surface area contributed by atoms with E-state index in [0.717, 1.165) is 24.3 Å². The summed E-state index contributed by atoms with van der Waals surface area (Å²) in [6.45, 7) is 10.5. The third-order valence-corrected chi connectivity index (χ3v) is 4.80. The van der Waals surface area contributed by atoms with Gasteiger partial charge in [0.2, 0.25) is 0 Å². The number of allylic oxidation sites excluding steroid dienone is 1. The number of hydrogen-bond donors (Lipinski definition) is 1. The zero-order valence-electron chi connectivity index (χ0n) is 10.8. The fraction of sp³-hybridized carbons (Fsp3) is 0.733. The Morgan fingerprint density at radius 2 is 2.19 bits per heavy atom. The molecular weight excluding hydrogens is 196 g/mol. The first-order valence-electron chi connectivity index (χ1n) is 6.51. The second-order valence-electron chi connectivity index (χ2n) is 5.96. The Balaban J connectivity index is 2.36. The van der Waals surface area contributed by atoms with Gasteiger partial charge in [-0.15, -0.1) is 0 Å². The molecule has 0 amide bonds. The second kappa shape index (κ2) is 4.03. The van der Waals surface area contributed by atoms with Crippen LogP contribution in [0.2, 0.25) is 0 Å². The van der Waals surface area contributed by atoms with E-state index in [-0.39, 0.29) is 0 Å². The molecule has 2 aliphatic rings. The third kappa shape index (κ3) is 1.75. The summed E-state index contributed by atoms with van der Waals surface area (Å²) in [6.07, 6.45) is 6.78. The number of fused-ring (bicyclic) bond motifs is 1. The Morgan fingerprint density at radius 1 is 1.50 bits per heavy atom. The minimum Gasteiger partial charge on any atom is -0.385 e. The van der Waals surface area contributed by atoms with Crippen molar-refractivity contribution in [2.75, 3.05) is 0 Å². The molecule has 1 fully saturated rings. The Hall–Kier alpha value is -0.560. The summed E-state index contributed by atoms with van der Waals surface area (Å²) >= 11 is 0. The molecule has 0 aromatic carbocycles. The summed E-state index contributed by atoms with van der Waals surface area (Å²) in [5.74, 6) is 1.70. The Morgan fingerprint density at radius 3 is 2.81 bits per heavy atom. The SMILES string of the molecule is C=C(C)[C@@]1(O)CC[C@H](C)[C@H]2CCC(C)=C[C@H]21. The van der Waals surface area contributed by atoms with Crippen molar-refractivity contribution >= 4 is 0 Å². The van der Waals surface area contributed by atoms with Gasteiger partial charge in [0.15, 0.2) is 0 Å². The summed E-state index contributed by atoms with van der Waals surface area (Å²) in [6, 6.07) is 0. The van der Waals surface area contributed by atoms with Crippen molar-refractivity contribution in [2.24, 2.45) is 17.8 Å². The first kappa shape index (κ1) is 11.9. The average molecular weight is 220 g/mol. The molecule has 1 N–H and O–H groups in total. The maximum Gasteiger partial charge on any atom is 0.0916 e. The van der Waals surface area contributed by atoms with Gasteiger partial charge < -0.3 is 5.11 Å².